The largest absolute Gasteiger partial charge is 0.441 e. The summed E-state index contributed by atoms with van der Waals surface area (Å²) in [6.07, 6.45) is 0.496. The van der Waals surface area contributed by atoms with E-state index in [1.807, 2.05) is 24.3 Å². The average molecular weight is 414 g/mol. The van der Waals surface area contributed by atoms with Crippen LogP contribution in [0.4, 0.5) is 0 Å². The first-order valence-corrected chi connectivity index (χ1v) is 9.85. The smallest absolute Gasteiger partial charge is 0.340 e. The topological polar surface area (TPSA) is 78.9 Å². The number of hydrogen-bond donors (Lipinski definition) is 0. The fourth-order valence-corrected chi connectivity index (χ4v) is 4.55. The third-order valence-corrected chi connectivity index (χ3v) is 5.59. The predicted molar refractivity (Wildman–Crippen MR) is 110 cm³/mol. The zero-order valence-corrected chi connectivity index (χ0v) is 16.9. The summed E-state index contributed by atoms with van der Waals surface area (Å²) in [5, 5.41) is 0. The molecule has 0 amide bonds. The Kier molecular flexibility index (Phi) is 4.18. The Hall–Kier alpha value is -3.93. The SMILES string of the molecule is CC(=O)Oc1ccc2c(c1)Cc1cc(OC(C)=O)ccc1C21OC(=O)c2ccccc21. The van der Waals surface area contributed by atoms with Crippen LogP contribution in [0.15, 0.2) is 60.7 Å². The minimum absolute atomic E-state index is 0.400. The van der Waals surface area contributed by atoms with E-state index in [1.54, 1.807) is 36.4 Å². The number of benzene rings is 3. The summed E-state index contributed by atoms with van der Waals surface area (Å²) >= 11 is 0. The van der Waals surface area contributed by atoms with Crippen molar-refractivity contribution in [3.8, 4) is 11.5 Å². The molecule has 1 aliphatic heterocycles. The van der Waals surface area contributed by atoms with Gasteiger partial charge in [0.05, 0.1) is 5.56 Å². The Bertz CT molecular complexity index is 1210. The van der Waals surface area contributed by atoms with E-state index in [9.17, 15) is 14.4 Å². The number of fused-ring (bicyclic) bond motifs is 6. The second-order valence-corrected chi connectivity index (χ2v) is 7.62. The Morgan fingerprint density at radius 2 is 1.35 bits per heavy atom. The molecule has 1 heterocycles. The molecule has 0 fully saturated rings. The lowest BCUT2D eigenvalue weighted by Gasteiger charge is -2.37. The van der Waals surface area contributed by atoms with Gasteiger partial charge in [-0.2, -0.15) is 0 Å². The van der Waals surface area contributed by atoms with Gasteiger partial charge in [0.1, 0.15) is 11.5 Å². The van der Waals surface area contributed by atoms with Crippen molar-refractivity contribution in [2.45, 2.75) is 25.9 Å². The molecule has 1 spiro atoms. The van der Waals surface area contributed by atoms with Gasteiger partial charge in [0.25, 0.3) is 0 Å². The molecule has 0 radical (unpaired) electrons. The number of rotatable bonds is 2. The van der Waals surface area contributed by atoms with Crippen molar-refractivity contribution in [1.29, 1.82) is 0 Å². The Morgan fingerprint density at radius 1 is 0.806 bits per heavy atom. The van der Waals surface area contributed by atoms with E-state index in [4.69, 9.17) is 14.2 Å². The molecule has 154 valence electrons. The molecule has 0 bridgehead atoms. The highest BCUT2D eigenvalue weighted by molar-refractivity contribution is 5.96. The number of carbonyl (C=O) groups excluding carboxylic acids is 3. The molecule has 0 unspecified atom stereocenters. The molecule has 5 rings (SSSR count). The van der Waals surface area contributed by atoms with Gasteiger partial charge in [-0.15, -0.1) is 0 Å². The first-order chi connectivity index (χ1) is 14.9. The van der Waals surface area contributed by atoms with Gasteiger partial charge in [-0.1, -0.05) is 30.3 Å². The van der Waals surface area contributed by atoms with Crippen molar-refractivity contribution in [1.82, 2.24) is 0 Å². The van der Waals surface area contributed by atoms with Crippen LogP contribution >= 0.6 is 0 Å². The molecule has 0 aromatic heterocycles. The molecule has 1 aliphatic carbocycles. The fraction of sp³-hybridized carbons (Fsp3) is 0.160. The van der Waals surface area contributed by atoms with Gasteiger partial charge in [0.15, 0.2) is 5.60 Å². The summed E-state index contributed by atoms with van der Waals surface area (Å²) in [4.78, 5) is 35.7. The predicted octanol–water partition coefficient (Wildman–Crippen LogP) is 3.90. The number of carbonyl (C=O) groups is 3. The van der Waals surface area contributed by atoms with Gasteiger partial charge in [-0.3, -0.25) is 9.59 Å². The summed E-state index contributed by atoms with van der Waals surface area (Å²) in [6.45, 7) is 2.69. The summed E-state index contributed by atoms with van der Waals surface area (Å²) < 4.78 is 16.6. The maximum absolute atomic E-state index is 12.8. The van der Waals surface area contributed by atoms with Crippen molar-refractivity contribution in [3.05, 3.63) is 94.0 Å². The number of ether oxygens (including phenoxy) is 3. The first-order valence-electron chi connectivity index (χ1n) is 9.85. The van der Waals surface area contributed by atoms with Crippen LogP contribution in [0.5, 0.6) is 11.5 Å². The highest BCUT2D eigenvalue weighted by atomic mass is 16.6. The zero-order chi connectivity index (χ0) is 21.8. The van der Waals surface area contributed by atoms with Crippen molar-refractivity contribution < 1.29 is 28.6 Å². The van der Waals surface area contributed by atoms with Crippen LogP contribution in [-0.2, 0) is 26.3 Å². The molecule has 3 aromatic rings. The Labute approximate surface area is 178 Å². The van der Waals surface area contributed by atoms with Gasteiger partial charge in [-0.25, -0.2) is 4.79 Å². The third-order valence-electron chi connectivity index (χ3n) is 5.59. The monoisotopic (exact) mass is 414 g/mol. The van der Waals surface area contributed by atoms with Crippen molar-refractivity contribution in [2.75, 3.05) is 0 Å². The average Bonchev–Trinajstić information content (AvgIpc) is 3.00. The fourth-order valence-electron chi connectivity index (χ4n) is 4.55. The van der Waals surface area contributed by atoms with Crippen molar-refractivity contribution in [2.24, 2.45) is 0 Å². The van der Waals surface area contributed by atoms with E-state index in [0.29, 0.717) is 23.5 Å². The zero-order valence-electron chi connectivity index (χ0n) is 16.9. The Morgan fingerprint density at radius 3 is 1.90 bits per heavy atom. The molecule has 6 heteroatoms. The van der Waals surface area contributed by atoms with E-state index in [2.05, 4.69) is 0 Å². The summed E-state index contributed by atoms with van der Waals surface area (Å²) in [7, 11) is 0. The van der Waals surface area contributed by atoms with Gasteiger partial charge in [0, 0.05) is 30.5 Å². The number of hydrogen-bond acceptors (Lipinski definition) is 6. The van der Waals surface area contributed by atoms with Crippen LogP contribution in [0.2, 0.25) is 0 Å². The molecule has 0 saturated heterocycles. The second kappa shape index (κ2) is 6.80. The minimum atomic E-state index is -1.12. The molecule has 2 aliphatic rings. The lowest BCUT2D eigenvalue weighted by Crippen LogP contribution is -2.35. The van der Waals surface area contributed by atoms with Crippen LogP contribution in [0.1, 0.15) is 52.0 Å². The minimum Gasteiger partial charge on any atom is -0.441 e. The Balaban J connectivity index is 1.76. The molecule has 0 N–H and O–H groups in total. The molecule has 3 aromatic carbocycles. The van der Waals surface area contributed by atoms with Crippen LogP contribution in [0.25, 0.3) is 0 Å². The van der Waals surface area contributed by atoms with E-state index in [1.165, 1.54) is 13.8 Å². The molecule has 0 saturated carbocycles. The lowest BCUT2D eigenvalue weighted by molar-refractivity contribution is -0.132. The summed E-state index contributed by atoms with van der Waals surface area (Å²) in [5.74, 6) is -0.402. The quantitative estimate of drug-likeness (QED) is 0.467. The standard InChI is InChI=1S/C25H18O6/c1-14(26)29-18-7-9-21-16(12-18)11-17-13-19(30-15(2)27)8-10-22(17)25(21)23-6-4-3-5-20(23)24(28)31-25/h3-10,12-13H,11H2,1-2H3. The van der Waals surface area contributed by atoms with Crippen molar-refractivity contribution in [3.63, 3.8) is 0 Å². The highest BCUT2D eigenvalue weighted by Gasteiger charge is 2.52. The normalized spacial score (nSPS) is 14.8. The van der Waals surface area contributed by atoms with Crippen LogP contribution in [0, 0.1) is 0 Å². The first kappa shape index (κ1) is 19.1. The van der Waals surface area contributed by atoms with Gasteiger partial charge < -0.3 is 14.2 Å². The van der Waals surface area contributed by atoms with Crippen molar-refractivity contribution >= 4 is 17.9 Å². The van der Waals surface area contributed by atoms with E-state index >= 15 is 0 Å². The summed E-state index contributed by atoms with van der Waals surface area (Å²) in [6, 6.07) is 18.0. The highest BCUT2D eigenvalue weighted by Crippen LogP contribution is 2.52. The third kappa shape index (κ3) is 2.91. The van der Waals surface area contributed by atoms with Gasteiger partial charge in [-0.05, 0) is 47.9 Å². The maximum Gasteiger partial charge on any atom is 0.340 e. The molecule has 31 heavy (non-hydrogen) atoms. The van der Waals surface area contributed by atoms with E-state index in [-0.39, 0.29) is 0 Å². The van der Waals surface area contributed by atoms with Gasteiger partial charge in [0.2, 0.25) is 0 Å². The second-order valence-electron chi connectivity index (χ2n) is 7.62. The van der Waals surface area contributed by atoms with E-state index < -0.39 is 23.5 Å². The maximum atomic E-state index is 12.8. The van der Waals surface area contributed by atoms with Crippen LogP contribution < -0.4 is 9.47 Å². The lowest BCUT2D eigenvalue weighted by atomic mass is 9.71. The van der Waals surface area contributed by atoms with Gasteiger partial charge >= 0.3 is 17.9 Å². The summed E-state index contributed by atoms with van der Waals surface area (Å²) in [5.41, 5.74) is 3.48. The molecule has 6 nitrogen and oxygen atoms in total. The van der Waals surface area contributed by atoms with E-state index in [0.717, 1.165) is 27.8 Å². The molecule has 0 atom stereocenters. The molecular weight excluding hydrogens is 396 g/mol. The van der Waals surface area contributed by atoms with Crippen LogP contribution in [-0.4, -0.2) is 17.9 Å². The molecular formula is C25H18O6. The number of esters is 3. The van der Waals surface area contributed by atoms with Crippen LogP contribution in [0.3, 0.4) is 0 Å².